The first kappa shape index (κ1) is 14.4. The van der Waals surface area contributed by atoms with E-state index in [-0.39, 0.29) is 5.54 Å². The van der Waals surface area contributed by atoms with Gasteiger partial charge < -0.3 is 10.5 Å². The lowest BCUT2D eigenvalue weighted by atomic mass is 9.88. The number of likely N-dealkylation sites (N-methyl/N-ethyl adjacent to an activating group) is 1. The van der Waals surface area contributed by atoms with Crippen molar-refractivity contribution in [3.8, 4) is 0 Å². The van der Waals surface area contributed by atoms with Crippen LogP contribution in [0.25, 0.3) is 0 Å². The summed E-state index contributed by atoms with van der Waals surface area (Å²) in [5.41, 5.74) is 7.31. The molecule has 106 valence electrons. The highest BCUT2D eigenvalue weighted by atomic mass is 16.5. The molecule has 0 aliphatic carbocycles. The predicted octanol–water partition coefficient (Wildman–Crippen LogP) is 1.45. The van der Waals surface area contributed by atoms with E-state index in [1.54, 1.807) is 0 Å². The van der Waals surface area contributed by atoms with E-state index in [0.717, 1.165) is 51.1 Å². The fourth-order valence-electron chi connectivity index (χ4n) is 2.80. The van der Waals surface area contributed by atoms with Crippen molar-refractivity contribution in [3.05, 3.63) is 30.1 Å². The van der Waals surface area contributed by atoms with Crippen molar-refractivity contribution in [2.24, 2.45) is 5.73 Å². The molecule has 1 aliphatic rings. The summed E-state index contributed by atoms with van der Waals surface area (Å²) in [6, 6.07) is 6.08. The number of hydrogen-bond donors (Lipinski definition) is 1. The fraction of sp³-hybridized carbons (Fsp3) is 0.667. The quantitative estimate of drug-likeness (QED) is 0.873. The van der Waals surface area contributed by atoms with Crippen LogP contribution >= 0.6 is 0 Å². The Morgan fingerprint density at radius 2 is 2.26 bits per heavy atom. The van der Waals surface area contributed by atoms with Gasteiger partial charge in [0.05, 0.1) is 0 Å². The molecule has 1 atom stereocenters. The molecule has 1 unspecified atom stereocenters. The van der Waals surface area contributed by atoms with Gasteiger partial charge in [-0.15, -0.1) is 0 Å². The molecule has 4 heteroatoms. The summed E-state index contributed by atoms with van der Waals surface area (Å²) in [6.07, 6.45) is 6.09. The second kappa shape index (κ2) is 6.98. The zero-order valence-corrected chi connectivity index (χ0v) is 11.8. The molecule has 0 amide bonds. The van der Waals surface area contributed by atoms with Gasteiger partial charge in [-0.25, -0.2) is 0 Å². The van der Waals surface area contributed by atoms with E-state index in [2.05, 4.69) is 23.0 Å². The first-order valence-corrected chi connectivity index (χ1v) is 7.16. The van der Waals surface area contributed by atoms with E-state index in [9.17, 15) is 0 Å². The molecular formula is C15H25N3O. The van der Waals surface area contributed by atoms with Crippen LogP contribution in [0, 0.1) is 0 Å². The largest absolute Gasteiger partial charge is 0.381 e. The van der Waals surface area contributed by atoms with Gasteiger partial charge in [-0.2, -0.15) is 0 Å². The van der Waals surface area contributed by atoms with E-state index in [1.807, 2.05) is 18.3 Å². The Morgan fingerprint density at radius 1 is 1.37 bits per heavy atom. The van der Waals surface area contributed by atoms with Gasteiger partial charge in [0.25, 0.3) is 0 Å². The molecule has 4 nitrogen and oxygen atoms in total. The zero-order valence-electron chi connectivity index (χ0n) is 11.8. The molecule has 1 saturated heterocycles. The van der Waals surface area contributed by atoms with Crippen LogP contribution in [0.1, 0.15) is 25.0 Å². The van der Waals surface area contributed by atoms with Gasteiger partial charge in [-0.3, -0.25) is 9.88 Å². The lowest BCUT2D eigenvalue weighted by molar-refractivity contribution is 0.0897. The highest BCUT2D eigenvalue weighted by molar-refractivity contribution is 5.04. The highest BCUT2D eigenvalue weighted by Gasteiger charge is 2.33. The Kier molecular flexibility index (Phi) is 5.31. The summed E-state index contributed by atoms with van der Waals surface area (Å²) >= 11 is 0. The van der Waals surface area contributed by atoms with Crippen molar-refractivity contribution in [2.45, 2.75) is 31.2 Å². The number of pyridine rings is 1. The average Bonchev–Trinajstić information content (AvgIpc) is 2.72. The Bertz CT molecular complexity index is 361. The maximum Gasteiger partial charge on any atom is 0.0484 e. The van der Waals surface area contributed by atoms with E-state index in [4.69, 9.17) is 10.5 Å². The summed E-state index contributed by atoms with van der Waals surface area (Å²) in [4.78, 5) is 6.79. The fourth-order valence-corrected chi connectivity index (χ4v) is 2.80. The number of rotatable bonds is 5. The van der Waals surface area contributed by atoms with Crippen LogP contribution in [0.15, 0.2) is 24.4 Å². The van der Waals surface area contributed by atoms with Crippen LogP contribution in [0.4, 0.5) is 0 Å². The molecule has 1 aromatic heterocycles. The maximum absolute atomic E-state index is 6.06. The van der Waals surface area contributed by atoms with Crippen LogP contribution in [0.5, 0.6) is 0 Å². The monoisotopic (exact) mass is 263 g/mol. The molecule has 2 heterocycles. The molecule has 19 heavy (non-hydrogen) atoms. The Hall–Kier alpha value is -0.970. The zero-order chi connectivity index (χ0) is 13.6. The highest BCUT2D eigenvalue weighted by Crippen LogP contribution is 2.26. The molecule has 1 aliphatic heterocycles. The van der Waals surface area contributed by atoms with Gasteiger partial charge in [-0.05, 0) is 38.4 Å². The van der Waals surface area contributed by atoms with Crippen molar-refractivity contribution in [3.63, 3.8) is 0 Å². The number of nitrogens with two attached hydrogens (primary N) is 1. The lowest BCUT2D eigenvalue weighted by Gasteiger charge is -2.40. The number of ether oxygens (including phenoxy) is 1. The second-order valence-corrected chi connectivity index (χ2v) is 5.39. The van der Waals surface area contributed by atoms with Crippen LogP contribution in [0.2, 0.25) is 0 Å². The van der Waals surface area contributed by atoms with Crippen LogP contribution < -0.4 is 5.73 Å². The third kappa shape index (κ3) is 3.75. The van der Waals surface area contributed by atoms with E-state index in [0.29, 0.717) is 6.54 Å². The second-order valence-electron chi connectivity index (χ2n) is 5.39. The minimum atomic E-state index is 0.102. The molecule has 0 radical (unpaired) electrons. The van der Waals surface area contributed by atoms with Crippen LogP contribution in [-0.2, 0) is 11.2 Å². The maximum atomic E-state index is 6.06. The van der Waals surface area contributed by atoms with Gasteiger partial charge in [0.1, 0.15) is 0 Å². The standard InChI is InChI=1S/C15H25N3O/c1-18(10-6-14-5-2-3-9-17-14)15(13-16)7-4-11-19-12-8-15/h2-3,5,9H,4,6-8,10-13,16H2,1H3. The van der Waals surface area contributed by atoms with Gasteiger partial charge in [-0.1, -0.05) is 6.07 Å². The average molecular weight is 263 g/mol. The van der Waals surface area contributed by atoms with E-state index in [1.165, 1.54) is 0 Å². The van der Waals surface area contributed by atoms with Gasteiger partial charge in [0.2, 0.25) is 0 Å². The molecule has 0 bridgehead atoms. The van der Waals surface area contributed by atoms with Crippen LogP contribution in [-0.4, -0.2) is 48.8 Å². The third-order valence-corrected chi connectivity index (χ3v) is 4.26. The third-order valence-electron chi connectivity index (χ3n) is 4.26. The Balaban J connectivity index is 1.94. The van der Waals surface area contributed by atoms with Crippen molar-refractivity contribution in [1.82, 2.24) is 9.88 Å². The van der Waals surface area contributed by atoms with Crippen LogP contribution in [0.3, 0.4) is 0 Å². The molecule has 1 fully saturated rings. The topological polar surface area (TPSA) is 51.4 Å². The Labute approximate surface area is 116 Å². The normalized spacial score (nSPS) is 24.4. The molecule has 1 aromatic rings. The molecular weight excluding hydrogens is 238 g/mol. The SMILES string of the molecule is CN(CCc1ccccn1)C1(CN)CCCOCC1. The van der Waals surface area contributed by atoms with Crippen molar-refractivity contribution >= 4 is 0 Å². The minimum absolute atomic E-state index is 0.102. The summed E-state index contributed by atoms with van der Waals surface area (Å²) < 4.78 is 5.57. The van der Waals surface area contributed by atoms with E-state index >= 15 is 0 Å². The number of nitrogens with zero attached hydrogens (tertiary/aromatic N) is 2. The van der Waals surface area contributed by atoms with Crippen molar-refractivity contribution in [2.75, 3.05) is 33.4 Å². The summed E-state index contributed by atoms with van der Waals surface area (Å²) in [5, 5.41) is 0. The summed E-state index contributed by atoms with van der Waals surface area (Å²) in [6.45, 7) is 3.39. The molecule has 2 N–H and O–H groups in total. The van der Waals surface area contributed by atoms with Crippen molar-refractivity contribution < 1.29 is 4.74 Å². The molecule has 0 spiro atoms. The molecule has 0 aromatic carbocycles. The molecule has 2 rings (SSSR count). The number of aromatic nitrogens is 1. The molecule has 0 saturated carbocycles. The van der Waals surface area contributed by atoms with Crippen molar-refractivity contribution in [1.29, 1.82) is 0 Å². The number of hydrogen-bond acceptors (Lipinski definition) is 4. The summed E-state index contributed by atoms with van der Waals surface area (Å²) in [7, 11) is 2.18. The predicted molar refractivity (Wildman–Crippen MR) is 77.0 cm³/mol. The van der Waals surface area contributed by atoms with E-state index < -0.39 is 0 Å². The van der Waals surface area contributed by atoms with Gasteiger partial charge >= 0.3 is 0 Å². The lowest BCUT2D eigenvalue weighted by Crippen LogP contribution is -2.53. The first-order valence-electron chi connectivity index (χ1n) is 7.16. The van der Waals surface area contributed by atoms with Gasteiger partial charge in [0, 0.05) is 50.2 Å². The smallest absolute Gasteiger partial charge is 0.0484 e. The first-order chi connectivity index (χ1) is 9.27. The summed E-state index contributed by atoms with van der Waals surface area (Å²) in [5.74, 6) is 0. The Morgan fingerprint density at radius 3 is 3.00 bits per heavy atom. The minimum Gasteiger partial charge on any atom is -0.381 e. The van der Waals surface area contributed by atoms with Gasteiger partial charge in [0.15, 0.2) is 0 Å².